The lowest BCUT2D eigenvalue weighted by Crippen LogP contribution is -2.02. The predicted octanol–water partition coefficient (Wildman–Crippen LogP) is 3.00. The van der Waals surface area contributed by atoms with Gasteiger partial charge in [0.2, 0.25) is 0 Å². The van der Waals surface area contributed by atoms with E-state index in [2.05, 4.69) is 11.2 Å². The topological polar surface area (TPSA) is 42.1 Å². The minimum Gasteiger partial charge on any atom is -0.426 e. The number of nitrogens with one attached hydrogen (secondary N) is 1. The SMILES string of the molecule is CSCCc1c[nH]c2cccc(OC(C)=O)c12. The van der Waals surface area contributed by atoms with E-state index in [0.29, 0.717) is 5.75 Å². The van der Waals surface area contributed by atoms with Gasteiger partial charge >= 0.3 is 5.97 Å². The van der Waals surface area contributed by atoms with Crippen molar-refractivity contribution in [3.63, 3.8) is 0 Å². The van der Waals surface area contributed by atoms with Crippen LogP contribution in [0.1, 0.15) is 12.5 Å². The Labute approximate surface area is 105 Å². The van der Waals surface area contributed by atoms with Crippen molar-refractivity contribution >= 4 is 28.6 Å². The fraction of sp³-hybridized carbons (Fsp3) is 0.308. The Morgan fingerprint density at radius 2 is 2.29 bits per heavy atom. The van der Waals surface area contributed by atoms with E-state index in [1.54, 1.807) is 11.8 Å². The highest BCUT2D eigenvalue weighted by molar-refractivity contribution is 7.98. The molecule has 0 saturated heterocycles. The molecule has 0 aliphatic carbocycles. The van der Waals surface area contributed by atoms with Crippen molar-refractivity contribution in [2.75, 3.05) is 12.0 Å². The molecule has 0 fully saturated rings. The molecule has 17 heavy (non-hydrogen) atoms. The molecule has 1 N–H and O–H groups in total. The molecule has 0 saturated carbocycles. The first-order valence-electron chi connectivity index (χ1n) is 5.48. The minimum absolute atomic E-state index is 0.283. The third-order valence-corrected chi connectivity index (χ3v) is 3.19. The number of aromatic nitrogens is 1. The number of thioether (sulfide) groups is 1. The van der Waals surface area contributed by atoms with Gasteiger partial charge in [0, 0.05) is 24.0 Å². The van der Waals surface area contributed by atoms with E-state index in [1.807, 2.05) is 24.4 Å². The van der Waals surface area contributed by atoms with Gasteiger partial charge < -0.3 is 9.72 Å². The van der Waals surface area contributed by atoms with Crippen LogP contribution in [-0.4, -0.2) is 23.0 Å². The summed E-state index contributed by atoms with van der Waals surface area (Å²) < 4.78 is 5.24. The van der Waals surface area contributed by atoms with E-state index in [0.717, 1.165) is 23.1 Å². The Hall–Kier alpha value is -1.42. The molecule has 0 amide bonds. The Kier molecular flexibility index (Phi) is 3.74. The number of benzene rings is 1. The second kappa shape index (κ2) is 5.27. The van der Waals surface area contributed by atoms with Crippen molar-refractivity contribution in [2.24, 2.45) is 0 Å². The summed E-state index contributed by atoms with van der Waals surface area (Å²) in [6.07, 6.45) is 5.05. The van der Waals surface area contributed by atoms with Crippen LogP contribution >= 0.6 is 11.8 Å². The first-order chi connectivity index (χ1) is 8.22. The molecular formula is C13H15NO2S. The zero-order valence-corrected chi connectivity index (χ0v) is 10.8. The molecule has 0 spiro atoms. The van der Waals surface area contributed by atoms with Crippen LogP contribution in [0.5, 0.6) is 5.75 Å². The standard InChI is InChI=1S/C13H15NO2S/c1-9(15)16-12-5-3-4-11-13(12)10(8-14-11)6-7-17-2/h3-5,8,14H,6-7H2,1-2H3. The van der Waals surface area contributed by atoms with Gasteiger partial charge in [0.05, 0.1) is 0 Å². The van der Waals surface area contributed by atoms with Crippen molar-refractivity contribution in [3.05, 3.63) is 30.0 Å². The van der Waals surface area contributed by atoms with E-state index in [-0.39, 0.29) is 5.97 Å². The summed E-state index contributed by atoms with van der Waals surface area (Å²) >= 11 is 1.81. The van der Waals surface area contributed by atoms with Crippen molar-refractivity contribution < 1.29 is 9.53 Å². The van der Waals surface area contributed by atoms with Crippen LogP contribution in [0.25, 0.3) is 10.9 Å². The second-order valence-corrected chi connectivity index (χ2v) is 4.81. The first-order valence-corrected chi connectivity index (χ1v) is 6.88. The van der Waals surface area contributed by atoms with E-state index in [1.165, 1.54) is 12.5 Å². The van der Waals surface area contributed by atoms with Gasteiger partial charge in [-0.1, -0.05) is 6.07 Å². The number of esters is 1. The maximum absolute atomic E-state index is 11.1. The van der Waals surface area contributed by atoms with E-state index in [4.69, 9.17) is 4.74 Å². The molecule has 0 bridgehead atoms. The summed E-state index contributed by atoms with van der Waals surface area (Å²) in [6.45, 7) is 1.42. The average molecular weight is 249 g/mol. The lowest BCUT2D eigenvalue weighted by Gasteiger charge is -2.05. The second-order valence-electron chi connectivity index (χ2n) is 3.83. The summed E-state index contributed by atoms with van der Waals surface area (Å²) in [5, 5.41) is 1.02. The van der Waals surface area contributed by atoms with Gasteiger partial charge in [-0.3, -0.25) is 4.79 Å². The van der Waals surface area contributed by atoms with Crippen molar-refractivity contribution in [3.8, 4) is 5.75 Å². The zero-order valence-electron chi connectivity index (χ0n) is 9.95. The van der Waals surface area contributed by atoms with E-state index >= 15 is 0 Å². The minimum atomic E-state index is -0.283. The van der Waals surface area contributed by atoms with Crippen LogP contribution in [0, 0.1) is 0 Å². The molecule has 4 heteroatoms. The number of hydrogen-bond acceptors (Lipinski definition) is 3. The number of aromatic amines is 1. The number of hydrogen-bond donors (Lipinski definition) is 1. The summed E-state index contributed by atoms with van der Waals surface area (Å²) in [5.74, 6) is 1.42. The summed E-state index contributed by atoms with van der Waals surface area (Å²) in [4.78, 5) is 14.3. The summed E-state index contributed by atoms with van der Waals surface area (Å²) in [7, 11) is 0. The number of rotatable bonds is 4. The maximum atomic E-state index is 11.1. The van der Waals surface area contributed by atoms with Crippen LogP contribution < -0.4 is 4.74 Å². The molecular weight excluding hydrogens is 234 g/mol. The van der Waals surface area contributed by atoms with E-state index in [9.17, 15) is 4.79 Å². The molecule has 0 radical (unpaired) electrons. The molecule has 2 rings (SSSR count). The Morgan fingerprint density at radius 1 is 1.47 bits per heavy atom. The molecule has 0 aliphatic heterocycles. The van der Waals surface area contributed by atoms with Crippen molar-refractivity contribution in [2.45, 2.75) is 13.3 Å². The highest BCUT2D eigenvalue weighted by atomic mass is 32.2. The maximum Gasteiger partial charge on any atom is 0.308 e. The normalized spacial score (nSPS) is 10.7. The van der Waals surface area contributed by atoms with Gasteiger partial charge in [-0.15, -0.1) is 0 Å². The van der Waals surface area contributed by atoms with Gasteiger partial charge in [-0.05, 0) is 36.1 Å². The van der Waals surface area contributed by atoms with Crippen molar-refractivity contribution in [1.29, 1.82) is 0 Å². The lowest BCUT2D eigenvalue weighted by atomic mass is 10.1. The Bertz CT molecular complexity index is 533. The number of carbonyl (C=O) groups is 1. The van der Waals surface area contributed by atoms with Gasteiger partial charge in [0.15, 0.2) is 0 Å². The third-order valence-electron chi connectivity index (χ3n) is 2.58. The van der Waals surface area contributed by atoms with Crippen LogP contribution in [0.15, 0.2) is 24.4 Å². The fourth-order valence-electron chi connectivity index (χ4n) is 1.87. The van der Waals surface area contributed by atoms with Gasteiger partial charge in [-0.2, -0.15) is 11.8 Å². The Morgan fingerprint density at radius 3 is 3.00 bits per heavy atom. The molecule has 1 aromatic heterocycles. The molecule has 3 nitrogen and oxygen atoms in total. The Balaban J connectivity index is 2.43. The zero-order chi connectivity index (χ0) is 12.3. The first kappa shape index (κ1) is 12.0. The van der Waals surface area contributed by atoms with Crippen LogP contribution in [0.2, 0.25) is 0 Å². The summed E-state index contributed by atoms with van der Waals surface area (Å²) in [5.41, 5.74) is 2.21. The highest BCUT2D eigenvalue weighted by Gasteiger charge is 2.10. The molecule has 2 aromatic rings. The van der Waals surface area contributed by atoms with E-state index < -0.39 is 0 Å². The third kappa shape index (κ3) is 2.64. The number of fused-ring (bicyclic) bond motifs is 1. The average Bonchev–Trinajstić information content (AvgIpc) is 2.70. The molecule has 1 aromatic carbocycles. The molecule has 90 valence electrons. The van der Waals surface area contributed by atoms with Gasteiger partial charge in [0.25, 0.3) is 0 Å². The molecule has 0 atom stereocenters. The molecule has 0 aliphatic rings. The number of H-pyrrole nitrogens is 1. The van der Waals surface area contributed by atoms with Crippen LogP contribution in [-0.2, 0) is 11.2 Å². The molecule has 0 unspecified atom stereocenters. The highest BCUT2D eigenvalue weighted by Crippen LogP contribution is 2.29. The van der Waals surface area contributed by atoms with Gasteiger partial charge in [-0.25, -0.2) is 0 Å². The smallest absolute Gasteiger partial charge is 0.308 e. The van der Waals surface area contributed by atoms with Crippen LogP contribution in [0.4, 0.5) is 0 Å². The number of carbonyl (C=O) groups excluding carboxylic acids is 1. The summed E-state index contributed by atoms with van der Waals surface area (Å²) in [6, 6.07) is 5.71. The largest absolute Gasteiger partial charge is 0.426 e. The molecule has 1 heterocycles. The number of aryl methyl sites for hydroxylation is 1. The van der Waals surface area contributed by atoms with Gasteiger partial charge in [0.1, 0.15) is 5.75 Å². The number of ether oxygens (including phenoxy) is 1. The monoisotopic (exact) mass is 249 g/mol. The van der Waals surface area contributed by atoms with Crippen LogP contribution in [0.3, 0.4) is 0 Å². The quantitative estimate of drug-likeness (QED) is 0.669. The lowest BCUT2D eigenvalue weighted by molar-refractivity contribution is -0.131. The fourth-order valence-corrected chi connectivity index (χ4v) is 2.29. The van der Waals surface area contributed by atoms with Crippen molar-refractivity contribution in [1.82, 2.24) is 4.98 Å². The predicted molar refractivity (Wildman–Crippen MR) is 71.7 cm³/mol.